The van der Waals surface area contributed by atoms with Gasteiger partial charge in [0.05, 0.1) is 0 Å². The van der Waals surface area contributed by atoms with Crippen LogP contribution in [-0.4, -0.2) is 35.5 Å². The normalized spacial score (nSPS) is 17.3. The van der Waals surface area contributed by atoms with Gasteiger partial charge in [0.1, 0.15) is 16.1 Å². The first-order valence-electron chi connectivity index (χ1n) is 5.91. The minimum absolute atomic E-state index is 0.0431. The number of aryl methyl sites for hydroxylation is 1. The van der Waals surface area contributed by atoms with Crippen LogP contribution in [-0.2, 0) is 21.9 Å². The van der Waals surface area contributed by atoms with Crippen LogP contribution in [0, 0.1) is 0 Å². The van der Waals surface area contributed by atoms with Gasteiger partial charge in [-0.25, -0.2) is 18.4 Å². The van der Waals surface area contributed by atoms with Gasteiger partial charge in [0.2, 0.25) is 10.0 Å². The highest BCUT2D eigenvalue weighted by atomic mass is 32.2. The summed E-state index contributed by atoms with van der Waals surface area (Å²) in [7, 11) is -2.42. The number of nitrogens with one attached hydrogen (secondary N) is 1. The maximum Gasteiger partial charge on any atom is 0.329 e. The average molecular weight is 301 g/mol. The smallest absolute Gasteiger partial charge is 0.329 e. The number of hydrogen-bond acceptors (Lipinski definition) is 4. The van der Waals surface area contributed by atoms with E-state index in [0.717, 1.165) is 12.5 Å². The lowest BCUT2D eigenvalue weighted by atomic mass is 9.76. The zero-order chi connectivity index (χ0) is 15.1. The predicted molar refractivity (Wildman–Crippen MR) is 68.5 cm³/mol. The number of carbonyl (C=O) groups is 2. The quantitative estimate of drug-likeness (QED) is 0.684. The summed E-state index contributed by atoms with van der Waals surface area (Å²) >= 11 is 0. The van der Waals surface area contributed by atoms with Crippen molar-refractivity contribution >= 4 is 21.9 Å². The number of sulfonamides is 1. The fourth-order valence-electron chi connectivity index (χ4n) is 2.12. The van der Waals surface area contributed by atoms with Crippen LogP contribution < -0.4 is 10.5 Å². The first-order valence-corrected chi connectivity index (χ1v) is 7.45. The number of nitrogens with zero attached hydrogens (tertiary/aromatic N) is 1. The van der Waals surface area contributed by atoms with Crippen molar-refractivity contribution < 1.29 is 23.1 Å². The van der Waals surface area contributed by atoms with E-state index in [1.165, 1.54) is 17.8 Å². The zero-order valence-corrected chi connectivity index (χ0v) is 11.6. The molecule has 0 radical (unpaired) electrons. The summed E-state index contributed by atoms with van der Waals surface area (Å²) in [5.74, 6) is -1.72. The Kier molecular flexibility index (Phi) is 3.34. The number of nitrogens with two attached hydrogens (primary N) is 1. The highest BCUT2D eigenvalue weighted by Crippen LogP contribution is 2.32. The Hall–Kier alpha value is -1.87. The van der Waals surface area contributed by atoms with Gasteiger partial charge in [0.15, 0.2) is 0 Å². The third-order valence-corrected chi connectivity index (χ3v) is 4.39. The number of carboxylic acid groups (broad SMARTS) is 1. The van der Waals surface area contributed by atoms with E-state index in [-0.39, 0.29) is 10.6 Å². The van der Waals surface area contributed by atoms with Crippen molar-refractivity contribution in [3.05, 3.63) is 18.0 Å². The monoisotopic (exact) mass is 301 g/mol. The molecule has 1 aromatic rings. The van der Waals surface area contributed by atoms with Crippen molar-refractivity contribution in [2.45, 2.75) is 29.7 Å². The highest BCUT2D eigenvalue weighted by molar-refractivity contribution is 7.89. The lowest BCUT2D eigenvalue weighted by Crippen LogP contribution is -2.59. The topological polar surface area (TPSA) is 131 Å². The molecule has 1 heterocycles. The van der Waals surface area contributed by atoms with Gasteiger partial charge in [-0.05, 0) is 25.3 Å². The Balaban J connectivity index is 2.26. The van der Waals surface area contributed by atoms with Crippen molar-refractivity contribution in [3.63, 3.8) is 0 Å². The van der Waals surface area contributed by atoms with Crippen molar-refractivity contribution in [1.82, 2.24) is 9.88 Å². The molecule has 110 valence electrons. The van der Waals surface area contributed by atoms with E-state index in [2.05, 4.69) is 5.32 Å². The Bertz CT molecular complexity index is 672. The molecule has 1 fully saturated rings. The number of rotatable bonds is 4. The molecule has 0 atom stereocenters. The molecular weight excluding hydrogens is 286 g/mol. The molecule has 4 N–H and O–H groups in total. The summed E-state index contributed by atoms with van der Waals surface area (Å²) in [6.07, 6.45) is 2.65. The maximum absolute atomic E-state index is 12.1. The Labute approximate surface area is 115 Å². The van der Waals surface area contributed by atoms with Gasteiger partial charge in [-0.1, -0.05) is 0 Å². The van der Waals surface area contributed by atoms with Crippen molar-refractivity contribution in [1.29, 1.82) is 0 Å². The number of aliphatic carboxylic acids is 1. The molecule has 0 bridgehead atoms. The molecule has 0 spiro atoms. The lowest BCUT2D eigenvalue weighted by molar-refractivity contribution is -0.148. The molecule has 1 saturated carbocycles. The molecule has 9 heteroatoms. The third-order valence-electron chi connectivity index (χ3n) is 3.51. The van der Waals surface area contributed by atoms with Crippen LogP contribution in [0.15, 0.2) is 17.2 Å². The molecular formula is C11H15N3O5S. The minimum Gasteiger partial charge on any atom is -0.480 e. The molecule has 1 aliphatic rings. The summed E-state index contributed by atoms with van der Waals surface area (Å²) in [5, 5.41) is 16.6. The van der Waals surface area contributed by atoms with Crippen LogP contribution in [0.4, 0.5) is 0 Å². The molecule has 0 aromatic carbocycles. The van der Waals surface area contributed by atoms with Gasteiger partial charge >= 0.3 is 5.97 Å². The lowest BCUT2D eigenvalue weighted by Gasteiger charge is -2.38. The zero-order valence-electron chi connectivity index (χ0n) is 10.8. The standard InChI is InChI=1S/C11H15N3O5S/c1-14-6-7(20(12,18)19)5-8(14)9(15)13-11(10(16)17)3-2-4-11/h5-6H,2-4H2,1H3,(H,13,15)(H,16,17)(H2,12,18,19). The number of carbonyl (C=O) groups excluding carboxylic acids is 1. The van der Waals surface area contributed by atoms with Crippen LogP contribution in [0.2, 0.25) is 0 Å². The van der Waals surface area contributed by atoms with Crippen molar-refractivity contribution in [3.8, 4) is 0 Å². The SMILES string of the molecule is Cn1cc(S(N)(=O)=O)cc1C(=O)NC1(C(=O)O)CCC1. The van der Waals surface area contributed by atoms with E-state index in [1.807, 2.05) is 0 Å². The molecule has 1 aliphatic carbocycles. The summed E-state index contributed by atoms with van der Waals surface area (Å²) in [4.78, 5) is 23.1. The molecule has 1 aromatic heterocycles. The second-order valence-electron chi connectivity index (χ2n) is 4.91. The van der Waals surface area contributed by atoms with Crippen LogP contribution in [0.25, 0.3) is 0 Å². The number of aromatic nitrogens is 1. The van der Waals surface area contributed by atoms with Crippen molar-refractivity contribution in [2.75, 3.05) is 0 Å². The molecule has 0 unspecified atom stereocenters. The van der Waals surface area contributed by atoms with E-state index in [0.29, 0.717) is 12.8 Å². The van der Waals surface area contributed by atoms with Crippen LogP contribution in [0.5, 0.6) is 0 Å². The Morgan fingerprint density at radius 3 is 2.40 bits per heavy atom. The summed E-state index contributed by atoms with van der Waals surface area (Å²) < 4.78 is 23.7. The first-order chi connectivity index (χ1) is 9.16. The molecule has 20 heavy (non-hydrogen) atoms. The molecule has 1 amide bonds. The second kappa shape index (κ2) is 4.60. The number of primary sulfonamides is 1. The Morgan fingerprint density at radius 1 is 1.45 bits per heavy atom. The number of carboxylic acids is 1. The molecule has 8 nitrogen and oxygen atoms in total. The van der Waals surface area contributed by atoms with E-state index in [1.54, 1.807) is 0 Å². The van der Waals surface area contributed by atoms with E-state index < -0.39 is 27.4 Å². The predicted octanol–water partition coefficient (Wildman–Crippen LogP) is -0.590. The molecule has 2 rings (SSSR count). The van der Waals surface area contributed by atoms with E-state index in [9.17, 15) is 18.0 Å². The fraction of sp³-hybridized carbons (Fsp3) is 0.455. The Morgan fingerprint density at radius 2 is 2.05 bits per heavy atom. The summed E-state index contributed by atoms with van der Waals surface area (Å²) in [6, 6.07) is 1.12. The molecule has 0 aliphatic heterocycles. The second-order valence-corrected chi connectivity index (χ2v) is 6.47. The van der Waals surface area contributed by atoms with Gasteiger partial charge in [-0.2, -0.15) is 0 Å². The van der Waals surface area contributed by atoms with Crippen molar-refractivity contribution in [2.24, 2.45) is 12.2 Å². The number of amides is 1. The summed E-state index contributed by atoms with van der Waals surface area (Å²) in [6.45, 7) is 0. The third kappa shape index (κ3) is 2.41. The van der Waals surface area contributed by atoms with Gasteiger partial charge in [0.25, 0.3) is 5.91 Å². The minimum atomic E-state index is -3.91. The van der Waals surface area contributed by atoms with E-state index >= 15 is 0 Å². The van der Waals surface area contributed by atoms with Gasteiger partial charge in [-0.3, -0.25) is 4.79 Å². The van der Waals surface area contributed by atoms with Gasteiger partial charge < -0.3 is 15.0 Å². The largest absolute Gasteiger partial charge is 0.480 e. The van der Waals surface area contributed by atoms with E-state index in [4.69, 9.17) is 10.2 Å². The molecule has 0 saturated heterocycles. The van der Waals surface area contributed by atoms with Crippen LogP contribution in [0.3, 0.4) is 0 Å². The van der Waals surface area contributed by atoms with Gasteiger partial charge in [-0.15, -0.1) is 0 Å². The maximum atomic E-state index is 12.1. The number of hydrogen-bond donors (Lipinski definition) is 3. The van der Waals surface area contributed by atoms with Crippen LogP contribution in [0.1, 0.15) is 29.8 Å². The average Bonchev–Trinajstić information content (AvgIpc) is 2.64. The van der Waals surface area contributed by atoms with Gasteiger partial charge in [0, 0.05) is 13.2 Å². The highest BCUT2D eigenvalue weighted by Gasteiger charge is 2.46. The fourth-order valence-corrected chi connectivity index (χ4v) is 2.70. The summed E-state index contributed by atoms with van der Waals surface area (Å²) in [5.41, 5.74) is -1.20. The first kappa shape index (κ1) is 14.5. The van der Waals surface area contributed by atoms with Crippen LogP contribution >= 0.6 is 0 Å².